The third-order valence-electron chi connectivity index (χ3n) is 9.24. The number of halogens is 1. The highest BCUT2D eigenvalue weighted by atomic mass is 35.5. The molecule has 0 aliphatic carbocycles. The van der Waals surface area contributed by atoms with Crippen molar-refractivity contribution in [3.8, 4) is 0 Å². The minimum Gasteiger partial charge on any atom is -0.462 e. The summed E-state index contributed by atoms with van der Waals surface area (Å²) in [6, 6.07) is 0. The van der Waals surface area contributed by atoms with Gasteiger partial charge in [0.2, 0.25) is 0 Å². The van der Waals surface area contributed by atoms with Gasteiger partial charge >= 0.3 is 17.9 Å². The second-order valence-electron chi connectivity index (χ2n) is 14.0. The Hall–Kier alpha value is -1.30. The predicted molar refractivity (Wildman–Crippen MR) is 202 cm³/mol. The molecule has 0 heterocycles. The fourth-order valence-corrected chi connectivity index (χ4v) is 6.20. The fraction of sp³-hybridized carbons (Fsp3) is 0.927. The fourth-order valence-electron chi connectivity index (χ4n) is 6.12. The first-order chi connectivity index (χ1) is 23.5. The molecule has 0 N–H and O–H groups in total. The summed E-state index contributed by atoms with van der Waals surface area (Å²) in [6.45, 7) is 4.25. The van der Waals surface area contributed by atoms with Crippen molar-refractivity contribution in [2.45, 2.75) is 225 Å². The lowest BCUT2D eigenvalue weighted by Gasteiger charge is -2.18. The molecule has 7 heteroatoms. The monoisotopic (exact) mass is 701 g/mol. The number of ether oxygens (including phenoxy) is 3. The van der Waals surface area contributed by atoms with E-state index in [1.165, 1.54) is 154 Å². The van der Waals surface area contributed by atoms with E-state index in [-0.39, 0.29) is 31.0 Å². The Morgan fingerprint density at radius 2 is 0.667 bits per heavy atom. The minimum absolute atomic E-state index is 0.113. The number of hydrogen-bond acceptors (Lipinski definition) is 6. The Bertz CT molecular complexity index is 715. The number of esters is 3. The van der Waals surface area contributed by atoms with Gasteiger partial charge in [0.15, 0.2) is 6.10 Å². The van der Waals surface area contributed by atoms with E-state index in [4.69, 9.17) is 25.8 Å². The van der Waals surface area contributed by atoms with Gasteiger partial charge in [-0.2, -0.15) is 0 Å². The van der Waals surface area contributed by atoms with E-state index in [2.05, 4.69) is 13.8 Å². The van der Waals surface area contributed by atoms with E-state index in [0.29, 0.717) is 12.8 Å². The average Bonchev–Trinajstić information content (AvgIpc) is 3.09. The summed E-state index contributed by atoms with van der Waals surface area (Å²) < 4.78 is 16.0. The Balaban J connectivity index is 3.87. The quantitative estimate of drug-likeness (QED) is 0.0276. The first kappa shape index (κ1) is 46.7. The molecule has 0 fully saturated rings. The Morgan fingerprint density at radius 3 is 0.979 bits per heavy atom. The van der Waals surface area contributed by atoms with Crippen molar-refractivity contribution in [1.29, 1.82) is 0 Å². The van der Waals surface area contributed by atoms with Crippen LogP contribution < -0.4 is 0 Å². The second kappa shape index (κ2) is 38.5. The van der Waals surface area contributed by atoms with Crippen LogP contribution in [-0.4, -0.2) is 43.1 Å². The van der Waals surface area contributed by atoms with Gasteiger partial charge in [-0.25, -0.2) is 0 Å². The van der Waals surface area contributed by atoms with Crippen molar-refractivity contribution < 1.29 is 28.6 Å². The first-order valence-corrected chi connectivity index (χ1v) is 21.1. The van der Waals surface area contributed by atoms with Crippen LogP contribution >= 0.6 is 11.6 Å². The molecule has 0 radical (unpaired) electrons. The van der Waals surface area contributed by atoms with Gasteiger partial charge in [0.25, 0.3) is 0 Å². The molecule has 0 aromatic rings. The van der Waals surface area contributed by atoms with Crippen molar-refractivity contribution in [3.63, 3.8) is 0 Å². The third-order valence-corrected chi connectivity index (χ3v) is 9.45. The molecule has 1 atom stereocenters. The highest BCUT2D eigenvalue weighted by molar-refractivity contribution is 6.26. The molecule has 0 amide bonds. The van der Waals surface area contributed by atoms with Gasteiger partial charge in [-0.15, -0.1) is 11.6 Å². The molecule has 0 saturated carbocycles. The van der Waals surface area contributed by atoms with Crippen LogP contribution in [0.25, 0.3) is 0 Å². The second-order valence-corrected chi connectivity index (χ2v) is 14.3. The summed E-state index contributed by atoms with van der Waals surface area (Å²) in [5.74, 6) is -1.53. The van der Waals surface area contributed by atoms with Crippen molar-refractivity contribution in [1.82, 2.24) is 0 Å². The van der Waals surface area contributed by atoms with Crippen LogP contribution in [0.3, 0.4) is 0 Å². The summed E-state index contributed by atoms with van der Waals surface area (Å²) in [7, 11) is 0. The lowest BCUT2D eigenvalue weighted by Crippen LogP contribution is -2.31. The van der Waals surface area contributed by atoms with E-state index in [1.54, 1.807) is 0 Å². The zero-order chi connectivity index (χ0) is 35.2. The normalized spacial score (nSPS) is 11.8. The highest BCUT2D eigenvalue weighted by Crippen LogP contribution is 2.16. The molecule has 0 aliphatic heterocycles. The standard InChI is InChI=1S/C41H77ClO6/c1-3-5-7-9-11-13-15-17-19-21-23-25-27-29-31-33-39(43)46-36-38(37-47-41(45)35-42)48-40(44)34-32-30-28-26-24-22-20-18-16-14-12-10-8-6-4-2/h38H,3-37H2,1-2H3. The Kier molecular flexibility index (Phi) is 37.5. The van der Waals surface area contributed by atoms with Crippen LogP contribution in [0.1, 0.15) is 219 Å². The topological polar surface area (TPSA) is 78.9 Å². The Labute approximate surface area is 301 Å². The van der Waals surface area contributed by atoms with Crippen LogP contribution in [0.5, 0.6) is 0 Å². The van der Waals surface area contributed by atoms with Crippen LogP contribution in [0.4, 0.5) is 0 Å². The zero-order valence-electron chi connectivity index (χ0n) is 31.7. The Morgan fingerprint density at radius 1 is 0.396 bits per heavy atom. The molecule has 0 rings (SSSR count). The lowest BCUT2D eigenvalue weighted by molar-refractivity contribution is -0.166. The highest BCUT2D eigenvalue weighted by Gasteiger charge is 2.19. The minimum atomic E-state index is -0.814. The van der Waals surface area contributed by atoms with Crippen molar-refractivity contribution >= 4 is 29.5 Å². The molecular weight excluding hydrogens is 624 g/mol. The largest absolute Gasteiger partial charge is 0.462 e. The maximum absolute atomic E-state index is 12.4. The predicted octanol–water partition coefficient (Wildman–Crippen LogP) is 12.7. The van der Waals surface area contributed by atoms with Gasteiger partial charge in [-0.05, 0) is 12.8 Å². The molecule has 0 aliphatic rings. The molecule has 1 unspecified atom stereocenters. The smallest absolute Gasteiger partial charge is 0.321 e. The average molecular weight is 702 g/mol. The van der Waals surface area contributed by atoms with E-state index >= 15 is 0 Å². The van der Waals surface area contributed by atoms with Crippen LogP contribution in [0.2, 0.25) is 0 Å². The number of carbonyl (C=O) groups excluding carboxylic acids is 3. The molecule has 0 aromatic carbocycles. The summed E-state index contributed by atoms with van der Waals surface area (Å²) >= 11 is 5.53. The molecule has 0 spiro atoms. The third kappa shape index (κ3) is 36.0. The maximum Gasteiger partial charge on any atom is 0.321 e. The van der Waals surface area contributed by atoms with Gasteiger partial charge in [0, 0.05) is 12.8 Å². The summed E-state index contributed by atoms with van der Waals surface area (Å²) in [5, 5.41) is 0. The number of carbonyl (C=O) groups is 3. The van der Waals surface area contributed by atoms with Crippen LogP contribution in [0.15, 0.2) is 0 Å². The van der Waals surface area contributed by atoms with E-state index in [1.807, 2.05) is 0 Å². The molecule has 284 valence electrons. The van der Waals surface area contributed by atoms with Crippen LogP contribution in [0, 0.1) is 0 Å². The SMILES string of the molecule is CCCCCCCCCCCCCCCCCC(=O)OCC(COC(=O)CCl)OC(=O)CCCCCCCCCCCCCCCCC. The molecular formula is C41H77ClO6. The number of alkyl halides is 1. The maximum atomic E-state index is 12.4. The molecule has 0 bridgehead atoms. The van der Waals surface area contributed by atoms with Gasteiger partial charge in [0.05, 0.1) is 0 Å². The summed E-state index contributed by atoms with van der Waals surface area (Å²) in [4.78, 5) is 36.3. The molecule has 0 saturated heterocycles. The van der Waals surface area contributed by atoms with Gasteiger partial charge in [-0.1, -0.05) is 194 Å². The zero-order valence-corrected chi connectivity index (χ0v) is 32.4. The van der Waals surface area contributed by atoms with Gasteiger partial charge < -0.3 is 14.2 Å². The van der Waals surface area contributed by atoms with Crippen molar-refractivity contribution in [2.24, 2.45) is 0 Å². The molecule has 0 aromatic heterocycles. The van der Waals surface area contributed by atoms with Crippen molar-refractivity contribution in [3.05, 3.63) is 0 Å². The summed E-state index contributed by atoms with van der Waals surface area (Å²) in [6.07, 6.45) is 38.0. The van der Waals surface area contributed by atoms with Gasteiger partial charge in [0.1, 0.15) is 19.1 Å². The lowest BCUT2D eigenvalue weighted by atomic mass is 10.0. The van der Waals surface area contributed by atoms with E-state index in [9.17, 15) is 14.4 Å². The van der Waals surface area contributed by atoms with E-state index < -0.39 is 12.1 Å². The number of unbranched alkanes of at least 4 members (excludes halogenated alkanes) is 28. The first-order valence-electron chi connectivity index (χ1n) is 20.6. The summed E-state index contributed by atoms with van der Waals surface area (Å²) in [5.41, 5.74) is 0. The van der Waals surface area contributed by atoms with E-state index in [0.717, 1.165) is 38.5 Å². The number of hydrogen-bond donors (Lipinski definition) is 0. The molecule has 6 nitrogen and oxygen atoms in total. The van der Waals surface area contributed by atoms with Crippen LogP contribution in [-0.2, 0) is 28.6 Å². The molecule has 48 heavy (non-hydrogen) atoms. The van der Waals surface area contributed by atoms with Crippen molar-refractivity contribution in [2.75, 3.05) is 19.1 Å². The number of rotatable bonds is 38. The van der Waals surface area contributed by atoms with Gasteiger partial charge in [-0.3, -0.25) is 14.4 Å².